The molecule has 1 aliphatic heterocycles. The maximum atomic E-state index is 5.65. The van der Waals surface area contributed by atoms with Crippen LogP contribution in [0.3, 0.4) is 0 Å². The van der Waals surface area contributed by atoms with E-state index < -0.39 is 0 Å². The molecule has 2 N–H and O–H groups in total. The quantitative estimate of drug-likeness (QED) is 0.669. The summed E-state index contributed by atoms with van der Waals surface area (Å²) in [4.78, 5) is 0. The largest absolute Gasteiger partial charge is 0.380 e. The van der Waals surface area contributed by atoms with Crippen molar-refractivity contribution in [2.75, 3.05) is 19.8 Å². The van der Waals surface area contributed by atoms with E-state index in [2.05, 4.69) is 20.8 Å². The third-order valence-corrected chi connectivity index (χ3v) is 3.23. The second-order valence-corrected chi connectivity index (χ2v) is 4.02. The van der Waals surface area contributed by atoms with E-state index in [0.717, 1.165) is 19.8 Å². The second-order valence-electron chi connectivity index (χ2n) is 4.02. The third kappa shape index (κ3) is 1.30. The molecule has 2 heteroatoms. The molecule has 0 radical (unpaired) electrons. The van der Waals surface area contributed by atoms with Crippen LogP contribution in [0.2, 0.25) is 0 Å². The standard InChI is InChI=1S/C9H19NO/c1-7(2)9(5-11-6-9)8(3)4-10/h7-8H,4-6,10H2,1-3H3. The Morgan fingerprint density at radius 2 is 1.91 bits per heavy atom. The number of hydrogen-bond acceptors (Lipinski definition) is 2. The smallest absolute Gasteiger partial charge is 0.0550 e. The summed E-state index contributed by atoms with van der Waals surface area (Å²) in [6, 6.07) is 0. The third-order valence-electron chi connectivity index (χ3n) is 3.23. The second kappa shape index (κ2) is 3.11. The molecule has 66 valence electrons. The van der Waals surface area contributed by atoms with E-state index in [0.29, 0.717) is 17.3 Å². The first-order valence-corrected chi connectivity index (χ1v) is 4.41. The van der Waals surface area contributed by atoms with Crippen LogP contribution in [-0.4, -0.2) is 19.8 Å². The molecule has 0 aromatic heterocycles. The summed E-state index contributed by atoms with van der Waals surface area (Å²) < 4.78 is 5.27. The molecule has 1 rings (SSSR count). The van der Waals surface area contributed by atoms with Crippen molar-refractivity contribution in [2.24, 2.45) is 23.0 Å². The molecule has 1 unspecified atom stereocenters. The highest BCUT2D eigenvalue weighted by Gasteiger charge is 2.45. The summed E-state index contributed by atoms with van der Waals surface area (Å²) in [6.07, 6.45) is 0. The molecule has 1 aliphatic rings. The van der Waals surface area contributed by atoms with Crippen LogP contribution in [0, 0.1) is 17.3 Å². The first kappa shape index (κ1) is 9.01. The molecule has 0 saturated carbocycles. The fraction of sp³-hybridized carbons (Fsp3) is 1.00. The number of nitrogens with two attached hydrogens (primary N) is 1. The van der Waals surface area contributed by atoms with Crippen molar-refractivity contribution in [1.29, 1.82) is 0 Å². The lowest BCUT2D eigenvalue weighted by atomic mass is 9.67. The molecule has 0 aliphatic carbocycles. The van der Waals surface area contributed by atoms with Crippen LogP contribution in [0.4, 0.5) is 0 Å². The molecule has 1 atom stereocenters. The predicted molar refractivity (Wildman–Crippen MR) is 46.3 cm³/mol. The van der Waals surface area contributed by atoms with Gasteiger partial charge in [0.2, 0.25) is 0 Å². The lowest BCUT2D eigenvalue weighted by Gasteiger charge is -2.49. The number of ether oxygens (including phenoxy) is 1. The van der Waals surface area contributed by atoms with Crippen LogP contribution in [0.1, 0.15) is 20.8 Å². The summed E-state index contributed by atoms with van der Waals surface area (Å²) >= 11 is 0. The van der Waals surface area contributed by atoms with Crippen LogP contribution in [0.15, 0.2) is 0 Å². The molecule has 1 fully saturated rings. The lowest BCUT2D eigenvalue weighted by molar-refractivity contribution is -0.166. The van der Waals surface area contributed by atoms with Crippen molar-refractivity contribution in [3.8, 4) is 0 Å². The Labute approximate surface area is 69.1 Å². The van der Waals surface area contributed by atoms with Gasteiger partial charge in [-0.1, -0.05) is 20.8 Å². The topological polar surface area (TPSA) is 35.2 Å². The summed E-state index contributed by atoms with van der Waals surface area (Å²) in [6.45, 7) is 9.33. The van der Waals surface area contributed by atoms with Crippen molar-refractivity contribution in [2.45, 2.75) is 20.8 Å². The van der Waals surface area contributed by atoms with Gasteiger partial charge in [-0.15, -0.1) is 0 Å². The summed E-state index contributed by atoms with van der Waals surface area (Å²) in [5.74, 6) is 1.28. The Morgan fingerprint density at radius 1 is 1.36 bits per heavy atom. The molecule has 2 nitrogen and oxygen atoms in total. The van der Waals surface area contributed by atoms with Gasteiger partial charge in [-0.2, -0.15) is 0 Å². The molecule has 0 spiro atoms. The molecular formula is C9H19NO. The highest BCUT2D eigenvalue weighted by atomic mass is 16.5. The Morgan fingerprint density at radius 3 is 2.00 bits per heavy atom. The number of hydrogen-bond donors (Lipinski definition) is 1. The first-order valence-electron chi connectivity index (χ1n) is 4.41. The van der Waals surface area contributed by atoms with Crippen LogP contribution in [0.5, 0.6) is 0 Å². The summed E-state index contributed by atoms with van der Waals surface area (Å²) in [5.41, 5.74) is 6.03. The highest BCUT2D eigenvalue weighted by Crippen LogP contribution is 2.42. The van der Waals surface area contributed by atoms with Gasteiger partial charge < -0.3 is 10.5 Å². The van der Waals surface area contributed by atoms with Crippen molar-refractivity contribution in [1.82, 2.24) is 0 Å². The van der Waals surface area contributed by atoms with E-state index >= 15 is 0 Å². The van der Waals surface area contributed by atoms with E-state index in [9.17, 15) is 0 Å². The SMILES string of the molecule is CC(C)C1(C(C)CN)COC1. The average Bonchev–Trinajstić information content (AvgIpc) is 1.84. The summed E-state index contributed by atoms with van der Waals surface area (Å²) in [7, 11) is 0. The van der Waals surface area contributed by atoms with E-state index in [4.69, 9.17) is 10.5 Å². The maximum absolute atomic E-state index is 5.65. The van der Waals surface area contributed by atoms with Gasteiger partial charge >= 0.3 is 0 Å². The van der Waals surface area contributed by atoms with Gasteiger partial charge in [0.05, 0.1) is 13.2 Å². The van der Waals surface area contributed by atoms with Crippen molar-refractivity contribution in [3.63, 3.8) is 0 Å². The van der Waals surface area contributed by atoms with Gasteiger partial charge in [-0.25, -0.2) is 0 Å². The van der Waals surface area contributed by atoms with Gasteiger partial charge in [-0.05, 0) is 18.4 Å². The van der Waals surface area contributed by atoms with Gasteiger partial charge in [-0.3, -0.25) is 0 Å². The molecule has 0 aromatic carbocycles. The zero-order valence-corrected chi connectivity index (χ0v) is 7.76. The monoisotopic (exact) mass is 157 g/mol. The van der Waals surface area contributed by atoms with Crippen LogP contribution >= 0.6 is 0 Å². The molecule has 0 bridgehead atoms. The van der Waals surface area contributed by atoms with Gasteiger partial charge in [0.1, 0.15) is 0 Å². The minimum absolute atomic E-state index is 0.384. The Bertz CT molecular complexity index is 130. The number of rotatable bonds is 3. The van der Waals surface area contributed by atoms with Gasteiger partial charge in [0.25, 0.3) is 0 Å². The molecule has 1 heterocycles. The Hall–Kier alpha value is -0.0800. The fourth-order valence-corrected chi connectivity index (χ4v) is 1.76. The molecule has 11 heavy (non-hydrogen) atoms. The molecule has 0 aromatic rings. The zero-order chi connectivity index (χ0) is 8.48. The van der Waals surface area contributed by atoms with Gasteiger partial charge in [0.15, 0.2) is 0 Å². The van der Waals surface area contributed by atoms with Crippen LogP contribution < -0.4 is 5.73 Å². The van der Waals surface area contributed by atoms with E-state index in [-0.39, 0.29) is 0 Å². The summed E-state index contributed by atoms with van der Waals surface area (Å²) in [5, 5.41) is 0. The zero-order valence-electron chi connectivity index (χ0n) is 7.76. The van der Waals surface area contributed by atoms with E-state index in [1.807, 2.05) is 0 Å². The predicted octanol–water partition coefficient (Wildman–Crippen LogP) is 1.25. The van der Waals surface area contributed by atoms with E-state index in [1.54, 1.807) is 0 Å². The van der Waals surface area contributed by atoms with E-state index in [1.165, 1.54) is 0 Å². The van der Waals surface area contributed by atoms with Crippen LogP contribution in [-0.2, 0) is 4.74 Å². The molecule has 1 saturated heterocycles. The van der Waals surface area contributed by atoms with Crippen molar-refractivity contribution < 1.29 is 4.74 Å². The normalized spacial score (nSPS) is 24.8. The van der Waals surface area contributed by atoms with Gasteiger partial charge in [0, 0.05) is 5.41 Å². The Balaban J connectivity index is 2.59. The Kier molecular flexibility index (Phi) is 2.55. The molecule has 0 amide bonds. The minimum Gasteiger partial charge on any atom is -0.380 e. The minimum atomic E-state index is 0.384. The van der Waals surface area contributed by atoms with Crippen molar-refractivity contribution >= 4 is 0 Å². The lowest BCUT2D eigenvalue weighted by Crippen LogP contribution is -2.53. The first-order chi connectivity index (χ1) is 5.13. The van der Waals surface area contributed by atoms with Crippen molar-refractivity contribution in [3.05, 3.63) is 0 Å². The molecular weight excluding hydrogens is 138 g/mol. The fourth-order valence-electron chi connectivity index (χ4n) is 1.76. The van der Waals surface area contributed by atoms with Crippen LogP contribution in [0.25, 0.3) is 0 Å². The average molecular weight is 157 g/mol. The maximum Gasteiger partial charge on any atom is 0.0550 e. The highest BCUT2D eigenvalue weighted by molar-refractivity contribution is 4.92.